The van der Waals surface area contributed by atoms with Crippen LogP contribution in [0.3, 0.4) is 0 Å². The van der Waals surface area contributed by atoms with Gasteiger partial charge >= 0.3 is 0 Å². The van der Waals surface area contributed by atoms with E-state index in [4.69, 9.17) is 4.98 Å². The van der Waals surface area contributed by atoms with Crippen molar-refractivity contribution in [1.29, 1.82) is 0 Å². The Balaban J connectivity index is 1.93. The van der Waals surface area contributed by atoms with E-state index in [9.17, 15) is 0 Å². The molecule has 0 amide bonds. The first-order valence-electron chi connectivity index (χ1n) is 7.44. The lowest BCUT2D eigenvalue weighted by Gasteiger charge is -2.22. The summed E-state index contributed by atoms with van der Waals surface area (Å²) in [5.74, 6) is 2.07. The first-order valence-corrected chi connectivity index (χ1v) is 7.44. The maximum Gasteiger partial charge on any atom is 0.110 e. The van der Waals surface area contributed by atoms with Crippen LogP contribution in [0.5, 0.6) is 0 Å². The number of fused-ring (bicyclic) bond motifs is 1. The number of imidazole rings is 1. The molecule has 0 radical (unpaired) electrons. The second-order valence-electron chi connectivity index (χ2n) is 5.66. The molecule has 0 aliphatic carbocycles. The molecule has 3 rings (SSSR count). The minimum absolute atomic E-state index is 0.796. The van der Waals surface area contributed by atoms with Gasteiger partial charge in [0.15, 0.2) is 0 Å². The molecular weight excluding hydrogens is 234 g/mol. The normalized spacial score (nSPS) is 17.2. The van der Waals surface area contributed by atoms with Crippen LogP contribution >= 0.6 is 0 Å². The van der Waals surface area contributed by atoms with Gasteiger partial charge in [-0.2, -0.15) is 0 Å². The molecule has 1 aromatic heterocycles. The maximum absolute atomic E-state index is 4.88. The van der Waals surface area contributed by atoms with E-state index in [0.717, 1.165) is 37.5 Å². The molecule has 0 atom stereocenters. The van der Waals surface area contributed by atoms with Crippen LogP contribution in [0.15, 0.2) is 18.2 Å². The number of benzene rings is 1. The van der Waals surface area contributed by atoms with Gasteiger partial charge in [0.05, 0.1) is 11.0 Å². The summed E-state index contributed by atoms with van der Waals surface area (Å²) in [6.07, 6.45) is 3.70. The molecular formula is C16H23N3. The lowest BCUT2D eigenvalue weighted by Crippen LogP contribution is -2.29. The van der Waals surface area contributed by atoms with Crippen molar-refractivity contribution in [3.05, 3.63) is 29.6 Å². The summed E-state index contributed by atoms with van der Waals surface area (Å²) >= 11 is 0. The first kappa shape index (κ1) is 12.7. The molecule has 19 heavy (non-hydrogen) atoms. The second-order valence-corrected chi connectivity index (χ2v) is 5.66. The number of hydrogen-bond donors (Lipinski definition) is 1. The Labute approximate surface area is 115 Å². The third-order valence-electron chi connectivity index (χ3n) is 4.23. The fourth-order valence-corrected chi connectivity index (χ4v) is 3.14. The van der Waals surface area contributed by atoms with E-state index >= 15 is 0 Å². The molecule has 3 heteroatoms. The number of piperidine rings is 1. The van der Waals surface area contributed by atoms with Crippen molar-refractivity contribution < 1.29 is 0 Å². The highest BCUT2D eigenvalue weighted by molar-refractivity contribution is 5.76. The van der Waals surface area contributed by atoms with E-state index in [0.29, 0.717) is 0 Å². The molecule has 3 nitrogen and oxygen atoms in total. The Kier molecular flexibility index (Phi) is 3.56. The van der Waals surface area contributed by atoms with E-state index in [2.05, 4.69) is 41.9 Å². The highest BCUT2D eigenvalue weighted by Gasteiger charge is 2.17. The van der Waals surface area contributed by atoms with Crippen LogP contribution in [0.2, 0.25) is 0 Å². The molecule has 0 unspecified atom stereocenters. The van der Waals surface area contributed by atoms with Gasteiger partial charge in [-0.25, -0.2) is 4.98 Å². The standard InChI is InChI=1S/C16H23N3/c1-3-19-15-5-4-12(2)10-14(15)18-16(19)11-13-6-8-17-9-7-13/h4-5,10,13,17H,3,6-9,11H2,1-2H3. The van der Waals surface area contributed by atoms with Gasteiger partial charge in [-0.05, 0) is 63.4 Å². The second kappa shape index (κ2) is 5.33. The maximum atomic E-state index is 4.88. The lowest BCUT2D eigenvalue weighted by molar-refractivity contribution is 0.364. The number of hydrogen-bond acceptors (Lipinski definition) is 2. The molecule has 1 saturated heterocycles. The SMILES string of the molecule is CCn1c(CC2CCNCC2)nc2cc(C)ccc21. The fourth-order valence-electron chi connectivity index (χ4n) is 3.14. The number of aromatic nitrogens is 2. The van der Waals surface area contributed by atoms with Gasteiger partial charge in [-0.1, -0.05) is 6.07 Å². The Morgan fingerprint density at radius 2 is 2.11 bits per heavy atom. The van der Waals surface area contributed by atoms with Crippen LogP contribution in [-0.4, -0.2) is 22.6 Å². The van der Waals surface area contributed by atoms with Gasteiger partial charge in [0, 0.05) is 13.0 Å². The predicted octanol–water partition coefficient (Wildman–Crippen LogP) is 2.91. The van der Waals surface area contributed by atoms with Crippen LogP contribution in [0.25, 0.3) is 11.0 Å². The lowest BCUT2D eigenvalue weighted by atomic mass is 9.94. The average molecular weight is 257 g/mol. The highest BCUT2D eigenvalue weighted by Crippen LogP contribution is 2.22. The molecule has 1 aromatic carbocycles. The summed E-state index contributed by atoms with van der Waals surface area (Å²) in [5, 5.41) is 3.44. The summed E-state index contributed by atoms with van der Waals surface area (Å²) in [6.45, 7) is 7.69. The largest absolute Gasteiger partial charge is 0.328 e. The number of nitrogens with zero attached hydrogens (tertiary/aromatic N) is 2. The van der Waals surface area contributed by atoms with Crippen molar-refractivity contribution in [2.45, 2.75) is 39.7 Å². The third kappa shape index (κ3) is 2.52. The van der Waals surface area contributed by atoms with Gasteiger partial charge in [0.2, 0.25) is 0 Å². The van der Waals surface area contributed by atoms with Gasteiger partial charge in [-0.3, -0.25) is 0 Å². The van der Waals surface area contributed by atoms with E-state index in [-0.39, 0.29) is 0 Å². The van der Waals surface area contributed by atoms with E-state index in [1.165, 1.54) is 29.7 Å². The Bertz CT molecular complexity index is 565. The van der Waals surface area contributed by atoms with Crippen molar-refractivity contribution >= 4 is 11.0 Å². The minimum Gasteiger partial charge on any atom is -0.328 e. The fraction of sp³-hybridized carbons (Fsp3) is 0.562. The molecule has 2 heterocycles. The molecule has 1 aliphatic rings. The monoisotopic (exact) mass is 257 g/mol. The quantitative estimate of drug-likeness (QED) is 0.916. The van der Waals surface area contributed by atoms with E-state index in [1.54, 1.807) is 0 Å². The van der Waals surface area contributed by atoms with Crippen molar-refractivity contribution in [3.8, 4) is 0 Å². The van der Waals surface area contributed by atoms with Crippen LogP contribution in [-0.2, 0) is 13.0 Å². The molecule has 0 saturated carbocycles. The molecule has 0 spiro atoms. The van der Waals surface area contributed by atoms with Gasteiger partial charge < -0.3 is 9.88 Å². The predicted molar refractivity (Wildman–Crippen MR) is 79.4 cm³/mol. The average Bonchev–Trinajstić information content (AvgIpc) is 2.76. The molecule has 1 aliphatic heterocycles. The molecule has 102 valence electrons. The Morgan fingerprint density at radius 1 is 1.32 bits per heavy atom. The number of aryl methyl sites for hydroxylation is 2. The van der Waals surface area contributed by atoms with E-state index < -0.39 is 0 Å². The topological polar surface area (TPSA) is 29.9 Å². The summed E-state index contributed by atoms with van der Waals surface area (Å²) in [6, 6.07) is 6.60. The van der Waals surface area contributed by atoms with Gasteiger partial charge in [-0.15, -0.1) is 0 Å². The molecule has 1 N–H and O–H groups in total. The summed E-state index contributed by atoms with van der Waals surface area (Å²) in [5.41, 5.74) is 3.74. The first-order chi connectivity index (χ1) is 9.28. The van der Waals surface area contributed by atoms with Crippen LogP contribution in [0.4, 0.5) is 0 Å². The molecule has 1 fully saturated rings. The van der Waals surface area contributed by atoms with Crippen molar-refractivity contribution in [2.75, 3.05) is 13.1 Å². The zero-order valence-corrected chi connectivity index (χ0v) is 11.9. The zero-order valence-electron chi connectivity index (χ0n) is 11.9. The zero-order chi connectivity index (χ0) is 13.2. The molecule has 0 bridgehead atoms. The Hall–Kier alpha value is -1.35. The smallest absolute Gasteiger partial charge is 0.110 e. The van der Waals surface area contributed by atoms with Crippen LogP contribution in [0, 0.1) is 12.8 Å². The minimum atomic E-state index is 0.796. The molecule has 2 aromatic rings. The summed E-state index contributed by atoms with van der Waals surface area (Å²) < 4.78 is 2.39. The number of rotatable bonds is 3. The summed E-state index contributed by atoms with van der Waals surface area (Å²) in [4.78, 5) is 4.88. The Morgan fingerprint density at radius 3 is 2.84 bits per heavy atom. The third-order valence-corrected chi connectivity index (χ3v) is 4.23. The van der Waals surface area contributed by atoms with E-state index in [1.807, 2.05) is 0 Å². The van der Waals surface area contributed by atoms with Gasteiger partial charge in [0.1, 0.15) is 5.82 Å². The van der Waals surface area contributed by atoms with Gasteiger partial charge in [0.25, 0.3) is 0 Å². The highest BCUT2D eigenvalue weighted by atomic mass is 15.1. The number of nitrogens with one attached hydrogen (secondary N) is 1. The van der Waals surface area contributed by atoms with Crippen molar-refractivity contribution in [2.24, 2.45) is 5.92 Å². The van der Waals surface area contributed by atoms with Crippen LogP contribution in [0.1, 0.15) is 31.2 Å². The summed E-state index contributed by atoms with van der Waals surface area (Å²) in [7, 11) is 0. The van der Waals surface area contributed by atoms with Crippen LogP contribution < -0.4 is 5.32 Å². The van der Waals surface area contributed by atoms with Crippen molar-refractivity contribution in [1.82, 2.24) is 14.9 Å². The van der Waals surface area contributed by atoms with Crippen molar-refractivity contribution in [3.63, 3.8) is 0 Å².